The molecule has 9 nitrogen and oxygen atoms in total. The minimum Gasteiger partial charge on any atom is -0.490 e. The SMILES string of the molecule is C=CCc1cc(/C=C2\C(=O)NC(=O)N(c3ccc(Br)cc3)C2=O)cc(OCC)c1OCC(=O)O. The number of carbonyl (C=O) groups is 4. The number of rotatable bonds is 9. The molecule has 3 rings (SSSR count). The van der Waals surface area contributed by atoms with Crippen LogP contribution in [-0.4, -0.2) is 42.1 Å². The molecular formula is C24H21BrN2O7. The molecule has 34 heavy (non-hydrogen) atoms. The quantitative estimate of drug-likeness (QED) is 0.289. The van der Waals surface area contributed by atoms with Crippen molar-refractivity contribution in [1.82, 2.24) is 5.32 Å². The normalized spacial score (nSPS) is 14.7. The van der Waals surface area contributed by atoms with Gasteiger partial charge in [-0.3, -0.25) is 14.9 Å². The molecule has 1 fully saturated rings. The first-order valence-electron chi connectivity index (χ1n) is 10.2. The first kappa shape index (κ1) is 24.7. The summed E-state index contributed by atoms with van der Waals surface area (Å²) >= 11 is 3.30. The number of nitrogens with zero attached hydrogens (tertiary/aromatic N) is 1. The van der Waals surface area contributed by atoms with Gasteiger partial charge in [0.2, 0.25) is 0 Å². The van der Waals surface area contributed by atoms with Crippen molar-refractivity contribution in [3.8, 4) is 11.5 Å². The lowest BCUT2D eigenvalue weighted by atomic mass is 10.0. The lowest BCUT2D eigenvalue weighted by Crippen LogP contribution is -2.54. The molecule has 2 aromatic rings. The van der Waals surface area contributed by atoms with Crippen molar-refractivity contribution in [1.29, 1.82) is 0 Å². The van der Waals surface area contributed by atoms with E-state index in [1.54, 1.807) is 43.3 Å². The Balaban J connectivity index is 2.06. The molecule has 176 valence electrons. The molecule has 0 unspecified atom stereocenters. The van der Waals surface area contributed by atoms with Gasteiger partial charge < -0.3 is 14.6 Å². The highest BCUT2D eigenvalue weighted by molar-refractivity contribution is 9.10. The molecule has 1 heterocycles. The fraction of sp³-hybridized carbons (Fsp3) is 0.167. The van der Waals surface area contributed by atoms with E-state index >= 15 is 0 Å². The second-order valence-corrected chi connectivity index (χ2v) is 7.97. The van der Waals surface area contributed by atoms with E-state index in [1.165, 1.54) is 12.1 Å². The van der Waals surface area contributed by atoms with Crippen LogP contribution >= 0.6 is 15.9 Å². The van der Waals surface area contributed by atoms with Crippen LogP contribution in [0.2, 0.25) is 0 Å². The number of hydrogen-bond acceptors (Lipinski definition) is 6. The number of imide groups is 2. The molecule has 0 saturated carbocycles. The standard InChI is InChI=1S/C24H21BrN2O7/c1-3-5-15-10-14(12-19(33-4-2)21(15)34-13-20(28)29)11-18-22(30)26-24(32)27(23(18)31)17-8-6-16(25)7-9-17/h3,6-12H,1,4-5,13H2,2H3,(H,28,29)(H,26,30,32)/b18-11+. The molecule has 0 spiro atoms. The summed E-state index contributed by atoms with van der Waals surface area (Å²) in [5, 5.41) is 11.2. The number of amides is 4. The predicted octanol–water partition coefficient (Wildman–Crippen LogP) is 3.71. The zero-order valence-corrected chi connectivity index (χ0v) is 19.8. The Morgan fingerprint density at radius 1 is 1.18 bits per heavy atom. The number of carbonyl (C=O) groups excluding carboxylic acids is 3. The van der Waals surface area contributed by atoms with Gasteiger partial charge in [0.25, 0.3) is 11.8 Å². The van der Waals surface area contributed by atoms with Gasteiger partial charge in [0.1, 0.15) is 5.57 Å². The molecule has 2 aromatic carbocycles. The van der Waals surface area contributed by atoms with Crippen LogP contribution in [0.25, 0.3) is 6.08 Å². The topological polar surface area (TPSA) is 122 Å². The van der Waals surface area contributed by atoms with Gasteiger partial charge in [-0.2, -0.15) is 0 Å². The predicted molar refractivity (Wildman–Crippen MR) is 128 cm³/mol. The summed E-state index contributed by atoms with van der Waals surface area (Å²) in [7, 11) is 0. The minimum atomic E-state index is -1.15. The number of hydrogen-bond donors (Lipinski definition) is 2. The third-order valence-corrected chi connectivity index (χ3v) is 5.18. The number of allylic oxidation sites excluding steroid dienone is 1. The molecule has 1 aliphatic rings. The number of ether oxygens (including phenoxy) is 2. The fourth-order valence-corrected chi connectivity index (χ4v) is 3.55. The molecule has 0 aromatic heterocycles. The first-order chi connectivity index (χ1) is 16.2. The van der Waals surface area contributed by atoms with Crippen molar-refractivity contribution in [2.24, 2.45) is 0 Å². The van der Waals surface area contributed by atoms with Crippen LogP contribution in [0.1, 0.15) is 18.1 Å². The Hall–Kier alpha value is -3.92. The van der Waals surface area contributed by atoms with Gasteiger partial charge in [0.05, 0.1) is 12.3 Å². The average molecular weight is 529 g/mol. The first-order valence-corrected chi connectivity index (χ1v) is 11.0. The van der Waals surface area contributed by atoms with Crippen molar-refractivity contribution < 1.29 is 33.8 Å². The zero-order valence-electron chi connectivity index (χ0n) is 18.2. The molecule has 0 bridgehead atoms. The van der Waals surface area contributed by atoms with Gasteiger partial charge in [0, 0.05) is 10.0 Å². The maximum atomic E-state index is 13.1. The van der Waals surface area contributed by atoms with Crippen LogP contribution in [0.15, 0.2) is 59.1 Å². The van der Waals surface area contributed by atoms with E-state index in [9.17, 15) is 19.2 Å². The monoisotopic (exact) mass is 528 g/mol. The highest BCUT2D eigenvalue weighted by Crippen LogP contribution is 2.35. The summed E-state index contributed by atoms with van der Waals surface area (Å²) in [5.41, 5.74) is 1.02. The number of halogens is 1. The van der Waals surface area contributed by atoms with Gasteiger partial charge in [-0.05, 0) is 61.4 Å². The van der Waals surface area contributed by atoms with Crippen molar-refractivity contribution >= 4 is 51.5 Å². The summed E-state index contributed by atoms with van der Waals surface area (Å²) < 4.78 is 11.8. The molecule has 0 aliphatic carbocycles. The average Bonchev–Trinajstić information content (AvgIpc) is 2.77. The Morgan fingerprint density at radius 2 is 1.88 bits per heavy atom. The Kier molecular flexibility index (Phi) is 7.85. The van der Waals surface area contributed by atoms with E-state index in [-0.39, 0.29) is 23.7 Å². The maximum Gasteiger partial charge on any atom is 0.341 e. The number of barbiturate groups is 1. The summed E-state index contributed by atoms with van der Waals surface area (Å²) in [4.78, 5) is 49.9. The molecule has 2 N–H and O–H groups in total. The van der Waals surface area contributed by atoms with Crippen molar-refractivity contribution in [2.75, 3.05) is 18.1 Å². The van der Waals surface area contributed by atoms with E-state index in [4.69, 9.17) is 14.6 Å². The molecule has 4 amide bonds. The molecular weight excluding hydrogens is 508 g/mol. The Morgan fingerprint density at radius 3 is 2.50 bits per heavy atom. The van der Waals surface area contributed by atoms with Gasteiger partial charge in [-0.1, -0.05) is 22.0 Å². The smallest absolute Gasteiger partial charge is 0.341 e. The molecule has 10 heteroatoms. The maximum absolute atomic E-state index is 13.1. The summed E-state index contributed by atoms with van der Waals surface area (Å²) in [6, 6.07) is 8.78. The van der Waals surface area contributed by atoms with Crippen LogP contribution in [0.4, 0.5) is 10.5 Å². The second-order valence-electron chi connectivity index (χ2n) is 7.05. The second kappa shape index (κ2) is 10.8. The van der Waals surface area contributed by atoms with Crippen LogP contribution in [0.3, 0.4) is 0 Å². The van der Waals surface area contributed by atoms with Gasteiger partial charge in [0.15, 0.2) is 18.1 Å². The Labute approximate surface area is 203 Å². The molecule has 0 atom stereocenters. The van der Waals surface area contributed by atoms with E-state index < -0.39 is 30.4 Å². The number of carboxylic acids is 1. The van der Waals surface area contributed by atoms with Crippen LogP contribution < -0.4 is 19.7 Å². The van der Waals surface area contributed by atoms with Crippen molar-refractivity contribution in [2.45, 2.75) is 13.3 Å². The van der Waals surface area contributed by atoms with Crippen molar-refractivity contribution in [3.05, 3.63) is 70.2 Å². The lowest BCUT2D eigenvalue weighted by molar-refractivity contribution is -0.139. The van der Waals surface area contributed by atoms with Crippen LogP contribution in [0, 0.1) is 0 Å². The number of aliphatic carboxylic acids is 1. The highest BCUT2D eigenvalue weighted by atomic mass is 79.9. The number of anilines is 1. The summed E-state index contributed by atoms with van der Waals surface area (Å²) in [6.07, 6.45) is 3.25. The summed E-state index contributed by atoms with van der Waals surface area (Å²) in [5.74, 6) is -2.29. The highest BCUT2D eigenvalue weighted by Gasteiger charge is 2.36. The Bertz CT molecular complexity index is 1190. The molecule has 1 saturated heterocycles. The van der Waals surface area contributed by atoms with Crippen molar-refractivity contribution in [3.63, 3.8) is 0 Å². The summed E-state index contributed by atoms with van der Waals surface area (Å²) in [6.45, 7) is 5.14. The van der Waals surface area contributed by atoms with E-state index in [1.807, 2.05) is 0 Å². The number of carboxylic acid groups (broad SMARTS) is 1. The number of nitrogens with one attached hydrogen (secondary N) is 1. The number of urea groups is 1. The van der Waals surface area contributed by atoms with E-state index in [0.717, 1.165) is 9.37 Å². The van der Waals surface area contributed by atoms with Gasteiger partial charge in [-0.15, -0.1) is 6.58 Å². The zero-order chi connectivity index (χ0) is 24.8. The third kappa shape index (κ3) is 5.52. The molecule has 0 radical (unpaired) electrons. The molecule has 1 aliphatic heterocycles. The van der Waals surface area contributed by atoms with Gasteiger partial charge in [-0.25, -0.2) is 14.5 Å². The van der Waals surface area contributed by atoms with E-state index in [2.05, 4.69) is 27.8 Å². The van der Waals surface area contributed by atoms with Crippen LogP contribution in [0.5, 0.6) is 11.5 Å². The minimum absolute atomic E-state index is 0.234. The van der Waals surface area contributed by atoms with Crippen LogP contribution in [-0.2, 0) is 20.8 Å². The third-order valence-electron chi connectivity index (χ3n) is 4.66. The van der Waals surface area contributed by atoms with Gasteiger partial charge >= 0.3 is 12.0 Å². The largest absolute Gasteiger partial charge is 0.490 e. The number of benzene rings is 2. The lowest BCUT2D eigenvalue weighted by Gasteiger charge is -2.26. The van der Waals surface area contributed by atoms with E-state index in [0.29, 0.717) is 23.2 Å². The fourth-order valence-electron chi connectivity index (χ4n) is 3.28.